The van der Waals surface area contributed by atoms with E-state index in [0.29, 0.717) is 5.56 Å². The van der Waals surface area contributed by atoms with Crippen molar-refractivity contribution >= 4 is 11.9 Å². The van der Waals surface area contributed by atoms with E-state index in [1.54, 1.807) is 23.4 Å². The summed E-state index contributed by atoms with van der Waals surface area (Å²) in [7, 11) is 0. The number of H-pyrrole nitrogens is 1. The third-order valence-electron chi connectivity index (χ3n) is 2.85. The van der Waals surface area contributed by atoms with Crippen LogP contribution in [0.3, 0.4) is 0 Å². The van der Waals surface area contributed by atoms with Crippen LogP contribution in [0, 0.1) is 0 Å². The van der Waals surface area contributed by atoms with Gasteiger partial charge in [0.2, 0.25) is 0 Å². The first-order valence-electron chi connectivity index (χ1n) is 6.52. The molecule has 0 radical (unpaired) electrons. The highest BCUT2D eigenvalue weighted by atomic mass is 16.6. The molecule has 1 aliphatic rings. The summed E-state index contributed by atoms with van der Waals surface area (Å²) in [5, 5.41) is 0. The third-order valence-corrected chi connectivity index (χ3v) is 2.85. The Balaban J connectivity index is 2.01. The molecule has 0 aliphatic heterocycles. The maximum atomic E-state index is 12.1. The first kappa shape index (κ1) is 13.6. The zero-order chi connectivity index (χ0) is 14.0. The Morgan fingerprint density at radius 1 is 1.42 bits per heavy atom. The van der Waals surface area contributed by atoms with Crippen LogP contribution in [0.15, 0.2) is 18.5 Å². The first-order chi connectivity index (χ1) is 8.87. The second-order valence-corrected chi connectivity index (χ2v) is 5.86. The molecule has 1 saturated carbocycles. The van der Waals surface area contributed by atoms with Crippen molar-refractivity contribution < 1.29 is 14.3 Å². The molecule has 0 unspecified atom stereocenters. The topological polar surface area (TPSA) is 62.4 Å². The van der Waals surface area contributed by atoms with Crippen LogP contribution in [0.1, 0.15) is 44.0 Å². The van der Waals surface area contributed by atoms with E-state index in [1.165, 1.54) is 0 Å². The fraction of sp³-hybridized carbons (Fsp3) is 0.571. The molecule has 1 aliphatic carbocycles. The third kappa shape index (κ3) is 3.84. The van der Waals surface area contributed by atoms with Gasteiger partial charge >= 0.3 is 6.09 Å². The van der Waals surface area contributed by atoms with E-state index >= 15 is 0 Å². The van der Waals surface area contributed by atoms with Crippen molar-refractivity contribution in [2.24, 2.45) is 0 Å². The van der Waals surface area contributed by atoms with Crippen LogP contribution in [0.2, 0.25) is 0 Å². The fourth-order valence-corrected chi connectivity index (χ4v) is 1.79. The van der Waals surface area contributed by atoms with Gasteiger partial charge in [0.15, 0.2) is 5.78 Å². The highest BCUT2D eigenvalue weighted by molar-refractivity contribution is 5.98. The van der Waals surface area contributed by atoms with E-state index in [0.717, 1.165) is 12.8 Å². The molecule has 2 rings (SSSR count). The van der Waals surface area contributed by atoms with Crippen molar-refractivity contribution in [3.05, 3.63) is 24.0 Å². The van der Waals surface area contributed by atoms with Crippen molar-refractivity contribution in [3.63, 3.8) is 0 Å². The molecule has 1 N–H and O–H groups in total. The van der Waals surface area contributed by atoms with Crippen molar-refractivity contribution in [1.82, 2.24) is 9.88 Å². The van der Waals surface area contributed by atoms with Gasteiger partial charge in [-0.3, -0.25) is 9.69 Å². The van der Waals surface area contributed by atoms with Gasteiger partial charge in [0.05, 0.1) is 6.54 Å². The standard InChI is InChI=1S/C14H20N2O3/c1-14(2,3)19-13(18)16(11-4-5-11)9-12(17)10-6-7-15-8-10/h6-8,11,15H,4-5,9H2,1-3H3. The molecule has 5 nitrogen and oxygen atoms in total. The lowest BCUT2D eigenvalue weighted by atomic mass is 10.2. The van der Waals surface area contributed by atoms with E-state index in [2.05, 4.69) is 4.98 Å². The zero-order valence-corrected chi connectivity index (χ0v) is 11.6. The summed E-state index contributed by atoms with van der Waals surface area (Å²) in [5.74, 6) is -0.0704. The molecule has 1 fully saturated rings. The predicted molar refractivity (Wildman–Crippen MR) is 71.1 cm³/mol. The number of aromatic amines is 1. The van der Waals surface area contributed by atoms with Gasteiger partial charge in [0.25, 0.3) is 0 Å². The molecule has 5 heteroatoms. The average Bonchev–Trinajstić information content (AvgIpc) is 2.96. The second-order valence-electron chi connectivity index (χ2n) is 5.86. The van der Waals surface area contributed by atoms with Gasteiger partial charge in [-0.1, -0.05) is 0 Å². The molecule has 1 amide bonds. The van der Waals surface area contributed by atoms with Gasteiger partial charge in [0.1, 0.15) is 5.60 Å². The number of hydrogen-bond acceptors (Lipinski definition) is 3. The normalized spacial score (nSPS) is 15.1. The molecular weight excluding hydrogens is 244 g/mol. The van der Waals surface area contributed by atoms with E-state index in [9.17, 15) is 9.59 Å². The molecule has 1 heterocycles. The first-order valence-corrected chi connectivity index (χ1v) is 6.52. The van der Waals surface area contributed by atoms with Gasteiger partial charge in [0, 0.05) is 24.0 Å². The molecule has 0 spiro atoms. The minimum absolute atomic E-state index is 0.0704. The van der Waals surface area contributed by atoms with Gasteiger partial charge in [-0.15, -0.1) is 0 Å². The Morgan fingerprint density at radius 3 is 2.58 bits per heavy atom. The second kappa shape index (κ2) is 5.07. The fourth-order valence-electron chi connectivity index (χ4n) is 1.79. The number of rotatable bonds is 4. The molecule has 0 bridgehead atoms. The Bertz CT molecular complexity index is 456. The lowest BCUT2D eigenvalue weighted by Crippen LogP contribution is -2.41. The smallest absolute Gasteiger partial charge is 0.410 e. The highest BCUT2D eigenvalue weighted by Crippen LogP contribution is 2.28. The lowest BCUT2D eigenvalue weighted by molar-refractivity contribution is 0.0232. The number of Topliss-reactive ketones (excluding diaryl/α,β-unsaturated/α-hetero) is 1. The number of amides is 1. The van der Waals surface area contributed by atoms with Crippen LogP contribution in [0.25, 0.3) is 0 Å². The van der Waals surface area contributed by atoms with Crippen molar-refractivity contribution in [3.8, 4) is 0 Å². The maximum Gasteiger partial charge on any atom is 0.410 e. The van der Waals surface area contributed by atoms with Crippen molar-refractivity contribution in [1.29, 1.82) is 0 Å². The summed E-state index contributed by atoms with van der Waals surface area (Å²) in [6.45, 7) is 5.55. The quantitative estimate of drug-likeness (QED) is 0.850. The summed E-state index contributed by atoms with van der Waals surface area (Å²) in [6, 6.07) is 1.86. The number of carbonyl (C=O) groups is 2. The van der Waals surface area contributed by atoms with Crippen LogP contribution in [0.4, 0.5) is 4.79 Å². The van der Waals surface area contributed by atoms with E-state index in [1.807, 2.05) is 20.8 Å². The van der Waals surface area contributed by atoms with Crippen LogP contribution < -0.4 is 0 Å². The minimum Gasteiger partial charge on any atom is -0.444 e. The lowest BCUT2D eigenvalue weighted by Gasteiger charge is -2.26. The molecule has 0 atom stereocenters. The van der Waals surface area contributed by atoms with E-state index in [4.69, 9.17) is 4.74 Å². The number of aromatic nitrogens is 1. The van der Waals surface area contributed by atoms with Crippen LogP contribution >= 0.6 is 0 Å². The summed E-state index contributed by atoms with van der Waals surface area (Å²) in [6.07, 6.45) is 4.82. The Kier molecular flexibility index (Phi) is 3.64. The average molecular weight is 264 g/mol. The van der Waals surface area contributed by atoms with Gasteiger partial charge in [-0.05, 0) is 39.7 Å². The monoisotopic (exact) mass is 264 g/mol. The number of ether oxygens (including phenoxy) is 1. The number of carbonyl (C=O) groups excluding carboxylic acids is 2. The molecule has 0 saturated heterocycles. The molecule has 1 aromatic heterocycles. The van der Waals surface area contributed by atoms with E-state index in [-0.39, 0.29) is 18.4 Å². The van der Waals surface area contributed by atoms with Gasteiger partial charge < -0.3 is 9.72 Å². The summed E-state index contributed by atoms with van der Waals surface area (Å²) >= 11 is 0. The van der Waals surface area contributed by atoms with Gasteiger partial charge in [-0.2, -0.15) is 0 Å². The maximum absolute atomic E-state index is 12.1. The number of nitrogens with one attached hydrogen (secondary N) is 1. The van der Waals surface area contributed by atoms with Crippen molar-refractivity contribution in [2.75, 3.05) is 6.54 Å². The Hall–Kier alpha value is -1.78. The Morgan fingerprint density at radius 2 is 2.11 bits per heavy atom. The summed E-state index contributed by atoms with van der Waals surface area (Å²) < 4.78 is 5.35. The van der Waals surface area contributed by atoms with Gasteiger partial charge in [-0.25, -0.2) is 4.79 Å². The molecule has 104 valence electrons. The summed E-state index contributed by atoms with van der Waals surface area (Å²) in [5.41, 5.74) is 0.0515. The molecular formula is C14H20N2O3. The molecule has 0 aromatic carbocycles. The van der Waals surface area contributed by atoms with Crippen molar-refractivity contribution in [2.45, 2.75) is 45.3 Å². The SMILES string of the molecule is CC(C)(C)OC(=O)N(CC(=O)c1cc[nH]c1)C1CC1. The number of hydrogen-bond donors (Lipinski definition) is 1. The summed E-state index contributed by atoms with van der Waals surface area (Å²) in [4.78, 5) is 28.5. The molecule has 1 aromatic rings. The number of nitrogens with zero attached hydrogens (tertiary/aromatic N) is 1. The highest BCUT2D eigenvalue weighted by Gasteiger charge is 2.36. The zero-order valence-electron chi connectivity index (χ0n) is 11.6. The van der Waals surface area contributed by atoms with Crippen LogP contribution in [-0.2, 0) is 4.74 Å². The van der Waals surface area contributed by atoms with Crippen LogP contribution in [0.5, 0.6) is 0 Å². The largest absolute Gasteiger partial charge is 0.444 e. The van der Waals surface area contributed by atoms with Crippen LogP contribution in [-0.4, -0.2) is 39.9 Å². The molecule has 19 heavy (non-hydrogen) atoms. The minimum atomic E-state index is -0.540. The Labute approximate surface area is 112 Å². The number of ketones is 1. The predicted octanol–water partition coefficient (Wildman–Crippen LogP) is 2.60. The van der Waals surface area contributed by atoms with E-state index < -0.39 is 11.7 Å².